The molecule has 1 amide bonds. The fourth-order valence-corrected chi connectivity index (χ4v) is 2.82. The molecule has 1 N–H and O–H groups in total. The highest BCUT2D eigenvalue weighted by Gasteiger charge is 2.10. The van der Waals surface area contributed by atoms with Crippen LogP contribution in [0.3, 0.4) is 0 Å². The molecule has 0 atom stereocenters. The minimum Gasteiger partial charge on any atom is -0.308 e. The van der Waals surface area contributed by atoms with E-state index in [2.05, 4.69) is 20.4 Å². The third kappa shape index (κ3) is 3.20. The molecule has 0 bridgehead atoms. The largest absolute Gasteiger partial charge is 0.308 e. The average molecular weight is 313 g/mol. The summed E-state index contributed by atoms with van der Waals surface area (Å²) in [6, 6.07) is 7.59. The first-order valence-corrected chi connectivity index (χ1v) is 7.67. The molecule has 0 unspecified atom stereocenters. The van der Waals surface area contributed by atoms with Gasteiger partial charge < -0.3 is 5.32 Å². The molecule has 0 saturated heterocycles. The summed E-state index contributed by atoms with van der Waals surface area (Å²) in [4.78, 5) is 20.7. The van der Waals surface area contributed by atoms with E-state index in [1.165, 1.54) is 11.3 Å². The second-order valence-corrected chi connectivity index (χ2v) is 5.74. The molecule has 0 aliphatic heterocycles. The van der Waals surface area contributed by atoms with Gasteiger partial charge in [0.15, 0.2) is 0 Å². The maximum Gasteiger partial charge on any atom is 0.247 e. The van der Waals surface area contributed by atoms with Gasteiger partial charge in [0.2, 0.25) is 5.91 Å². The third-order valence-electron chi connectivity index (χ3n) is 3.05. The molecule has 0 radical (unpaired) electrons. The smallest absolute Gasteiger partial charge is 0.247 e. The molecule has 0 aromatic carbocycles. The van der Waals surface area contributed by atoms with Crippen molar-refractivity contribution in [1.82, 2.24) is 19.7 Å². The van der Waals surface area contributed by atoms with Gasteiger partial charge in [0.25, 0.3) is 0 Å². The molecular formula is C15H15N5OS. The van der Waals surface area contributed by atoms with Crippen LogP contribution in [-0.2, 0) is 11.3 Å². The fraction of sp³-hybridized carbons (Fsp3) is 0.200. The minimum absolute atomic E-state index is 0.149. The first-order chi connectivity index (χ1) is 10.6. The molecule has 6 nitrogen and oxygen atoms in total. The zero-order chi connectivity index (χ0) is 15.5. The number of rotatable bonds is 4. The lowest BCUT2D eigenvalue weighted by atomic mass is 10.4. The number of hydrogen-bond donors (Lipinski definition) is 1. The molecule has 7 heteroatoms. The van der Waals surface area contributed by atoms with Crippen LogP contribution >= 0.6 is 11.3 Å². The van der Waals surface area contributed by atoms with Gasteiger partial charge in [0.1, 0.15) is 17.4 Å². The van der Waals surface area contributed by atoms with Gasteiger partial charge in [-0.1, -0.05) is 6.07 Å². The van der Waals surface area contributed by atoms with Gasteiger partial charge in [0, 0.05) is 17.3 Å². The van der Waals surface area contributed by atoms with Crippen LogP contribution in [0.15, 0.2) is 35.8 Å². The third-order valence-corrected chi connectivity index (χ3v) is 3.92. The number of hydrogen-bond acceptors (Lipinski definition) is 5. The first kappa shape index (κ1) is 14.4. The molecule has 112 valence electrons. The monoisotopic (exact) mass is 313 g/mol. The lowest BCUT2D eigenvalue weighted by molar-refractivity contribution is -0.117. The van der Waals surface area contributed by atoms with Gasteiger partial charge in [-0.15, -0.1) is 11.3 Å². The number of anilines is 1. The summed E-state index contributed by atoms with van der Waals surface area (Å²) in [6.07, 6.45) is 1.72. The fourth-order valence-electron chi connectivity index (χ4n) is 2.09. The Hall–Kier alpha value is -2.54. The van der Waals surface area contributed by atoms with Gasteiger partial charge >= 0.3 is 0 Å². The Kier molecular flexibility index (Phi) is 3.97. The van der Waals surface area contributed by atoms with Crippen LogP contribution in [0.1, 0.15) is 11.4 Å². The maximum absolute atomic E-state index is 12.1. The van der Waals surface area contributed by atoms with Crippen molar-refractivity contribution in [3.8, 4) is 10.7 Å². The Morgan fingerprint density at radius 1 is 1.36 bits per heavy atom. The standard InChI is InChI=1S/C15H15N5OS/c1-10-7-11(2)20(19-10)8-14(21)17-13-9-22-15(18-13)12-5-3-4-6-16-12/h3-7,9H,8H2,1-2H3,(H,17,21). The average Bonchev–Trinajstić information content (AvgIpc) is 3.07. The quantitative estimate of drug-likeness (QED) is 0.803. The van der Waals surface area contributed by atoms with Crippen LogP contribution in [0, 0.1) is 13.8 Å². The summed E-state index contributed by atoms with van der Waals surface area (Å²) in [6.45, 7) is 4.01. The molecule has 3 aromatic heterocycles. The lowest BCUT2D eigenvalue weighted by Gasteiger charge is -2.04. The molecule has 3 rings (SSSR count). The zero-order valence-corrected chi connectivity index (χ0v) is 13.1. The number of carbonyl (C=O) groups is 1. The van der Waals surface area contributed by atoms with Gasteiger partial charge in [-0.2, -0.15) is 5.10 Å². The Morgan fingerprint density at radius 3 is 2.91 bits per heavy atom. The summed E-state index contributed by atoms with van der Waals surface area (Å²) in [5.74, 6) is 0.390. The molecule has 0 saturated carbocycles. The van der Waals surface area contributed by atoms with Crippen LogP contribution in [0.2, 0.25) is 0 Å². The SMILES string of the molecule is Cc1cc(C)n(CC(=O)Nc2csc(-c3ccccn3)n2)n1. The molecule has 0 fully saturated rings. The van der Waals surface area contributed by atoms with Crippen molar-refractivity contribution in [2.24, 2.45) is 0 Å². The topological polar surface area (TPSA) is 72.7 Å². The number of aromatic nitrogens is 4. The van der Waals surface area contributed by atoms with E-state index in [0.717, 1.165) is 22.1 Å². The predicted octanol–water partition coefficient (Wildman–Crippen LogP) is 2.66. The second kappa shape index (κ2) is 6.07. The van der Waals surface area contributed by atoms with E-state index >= 15 is 0 Å². The molecule has 0 aliphatic carbocycles. The highest BCUT2D eigenvalue weighted by molar-refractivity contribution is 7.13. The highest BCUT2D eigenvalue weighted by atomic mass is 32.1. The van der Waals surface area contributed by atoms with Crippen LogP contribution in [0.25, 0.3) is 10.7 Å². The van der Waals surface area contributed by atoms with Crippen molar-refractivity contribution in [2.45, 2.75) is 20.4 Å². The van der Waals surface area contributed by atoms with E-state index in [4.69, 9.17) is 0 Å². The number of thiazole rings is 1. The molecule has 3 heterocycles. The molecule has 0 spiro atoms. The normalized spacial score (nSPS) is 10.6. The maximum atomic E-state index is 12.1. The Balaban J connectivity index is 1.67. The van der Waals surface area contributed by atoms with Crippen LogP contribution < -0.4 is 5.32 Å². The van der Waals surface area contributed by atoms with E-state index in [0.29, 0.717) is 5.82 Å². The number of carbonyl (C=O) groups excluding carboxylic acids is 1. The zero-order valence-electron chi connectivity index (χ0n) is 12.3. The van der Waals surface area contributed by atoms with Crippen molar-refractivity contribution < 1.29 is 4.79 Å². The first-order valence-electron chi connectivity index (χ1n) is 6.79. The molecular weight excluding hydrogens is 298 g/mol. The second-order valence-electron chi connectivity index (χ2n) is 4.89. The Labute approximate surface area is 131 Å². The van der Waals surface area contributed by atoms with Crippen LogP contribution in [0.5, 0.6) is 0 Å². The van der Waals surface area contributed by atoms with Crippen LogP contribution in [-0.4, -0.2) is 25.7 Å². The van der Waals surface area contributed by atoms with E-state index in [1.807, 2.05) is 43.5 Å². The minimum atomic E-state index is -0.149. The van der Waals surface area contributed by atoms with Gasteiger partial charge in [0.05, 0.1) is 11.4 Å². The predicted molar refractivity (Wildman–Crippen MR) is 85.7 cm³/mol. The summed E-state index contributed by atoms with van der Waals surface area (Å²) < 4.78 is 1.68. The Morgan fingerprint density at radius 2 is 2.23 bits per heavy atom. The van der Waals surface area contributed by atoms with Gasteiger partial charge in [-0.25, -0.2) is 4.98 Å². The molecule has 0 aliphatic rings. The number of nitrogens with zero attached hydrogens (tertiary/aromatic N) is 4. The van der Waals surface area contributed by atoms with Gasteiger partial charge in [-0.3, -0.25) is 14.5 Å². The molecule has 22 heavy (non-hydrogen) atoms. The summed E-state index contributed by atoms with van der Waals surface area (Å²) in [5, 5.41) is 9.65. The number of aryl methyl sites for hydroxylation is 2. The number of nitrogens with one attached hydrogen (secondary N) is 1. The number of pyridine rings is 1. The van der Waals surface area contributed by atoms with Crippen molar-refractivity contribution in [3.05, 3.63) is 47.2 Å². The summed E-state index contributed by atoms with van der Waals surface area (Å²) in [5.41, 5.74) is 2.66. The van der Waals surface area contributed by atoms with Crippen LogP contribution in [0.4, 0.5) is 5.82 Å². The van der Waals surface area contributed by atoms with E-state index in [-0.39, 0.29) is 12.5 Å². The van der Waals surface area contributed by atoms with Crippen molar-refractivity contribution in [3.63, 3.8) is 0 Å². The van der Waals surface area contributed by atoms with Crippen molar-refractivity contribution in [2.75, 3.05) is 5.32 Å². The van der Waals surface area contributed by atoms with E-state index in [1.54, 1.807) is 10.9 Å². The lowest BCUT2D eigenvalue weighted by Crippen LogP contribution is -2.20. The summed E-state index contributed by atoms with van der Waals surface area (Å²) >= 11 is 1.45. The van der Waals surface area contributed by atoms with Crippen molar-refractivity contribution >= 4 is 23.1 Å². The molecule has 3 aromatic rings. The highest BCUT2D eigenvalue weighted by Crippen LogP contribution is 2.23. The Bertz CT molecular complexity index is 793. The van der Waals surface area contributed by atoms with E-state index < -0.39 is 0 Å². The summed E-state index contributed by atoms with van der Waals surface area (Å²) in [7, 11) is 0. The number of amides is 1. The van der Waals surface area contributed by atoms with E-state index in [9.17, 15) is 4.79 Å². The van der Waals surface area contributed by atoms with Gasteiger partial charge in [-0.05, 0) is 32.0 Å². The van der Waals surface area contributed by atoms with Crippen molar-refractivity contribution in [1.29, 1.82) is 0 Å².